The Bertz CT molecular complexity index is 171. The van der Waals surface area contributed by atoms with E-state index in [0.29, 0.717) is 18.9 Å². The van der Waals surface area contributed by atoms with Gasteiger partial charge in [-0.05, 0) is 37.2 Å². The summed E-state index contributed by atoms with van der Waals surface area (Å²) in [4.78, 5) is 11.2. The maximum atomic E-state index is 11.2. The summed E-state index contributed by atoms with van der Waals surface area (Å²) in [5, 5.41) is 0. The highest BCUT2D eigenvalue weighted by Gasteiger charge is 2.24. The van der Waals surface area contributed by atoms with Gasteiger partial charge in [0.05, 0.1) is 6.61 Å². The van der Waals surface area contributed by atoms with Gasteiger partial charge < -0.3 is 10.5 Å². The maximum absolute atomic E-state index is 11.2. The first kappa shape index (κ1) is 10.9. The van der Waals surface area contributed by atoms with E-state index in [1.807, 2.05) is 6.26 Å². The van der Waals surface area contributed by atoms with Gasteiger partial charge in [0.2, 0.25) is 0 Å². The number of thioether (sulfide) groups is 1. The Balaban J connectivity index is 2.05. The molecule has 0 bridgehead atoms. The Hall–Kier alpha value is -0.220. The minimum Gasteiger partial charge on any atom is -0.464 e. The van der Waals surface area contributed by atoms with Crippen LogP contribution in [0.3, 0.4) is 0 Å². The third-order valence-corrected chi connectivity index (χ3v) is 2.74. The van der Waals surface area contributed by atoms with Gasteiger partial charge in [-0.3, -0.25) is 4.79 Å². The molecule has 3 nitrogen and oxygen atoms in total. The predicted octanol–water partition coefficient (Wildman–Crippen LogP) is 1.02. The van der Waals surface area contributed by atoms with Crippen molar-refractivity contribution in [1.29, 1.82) is 0 Å². The van der Waals surface area contributed by atoms with E-state index in [2.05, 4.69) is 0 Å². The molecule has 1 aliphatic rings. The molecule has 0 radical (unpaired) electrons. The molecule has 0 spiro atoms. The van der Waals surface area contributed by atoms with Crippen molar-refractivity contribution in [2.75, 3.05) is 18.6 Å². The summed E-state index contributed by atoms with van der Waals surface area (Å²) in [5.74, 6) is 1.30. The van der Waals surface area contributed by atoms with Gasteiger partial charge in [0, 0.05) is 0 Å². The Morgan fingerprint density at radius 3 is 2.92 bits per heavy atom. The molecule has 0 unspecified atom stereocenters. The number of nitrogens with two attached hydrogens (primary N) is 1. The summed E-state index contributed by atoms with van der Waals surface area (Å²) in [7, 11) is 0. The van der Waals surface area contributed by atoms with Gasteiger partial charge >= 0.3 is 5.97 Å². The zero-order valence-electron chi connectivity index (χ0n) is 7.99. The minimum atomic E-state index is -0.425. The summed E-state index contributed by atoms with van der Waals surface area (Å²) in [6, 6.07) is -0.425. The van der Waals surface area contributed by atoms with Gasteiger partial charge in [0.25, 0.3) is 0 Å². The molecule has 0 aliphatic heterocycles. The molecule has 4 heteroatoms. The van der Waals surface area contributed by atoms with Crippen LogP contribution in [0.25, 0.3) is 0 Å². The van der Waals surface area contributed by atoms with Crippen molar-refractivity contribution in [2.24, 2.45) is 11.7 Å². The molecule has 76 valence electrons. The first-order chi connectivity index (χ1) is 6.24. The van der Waals surface area contributed by atoms with Crippen molar-refractivity contribution in [3.05, 3.63) is 0 Å². The van der Waals surface area contributed by atoms with Crippen molar-refractivity contribution >= 4 is 17.7 Å². The molecule has 0 heterocycles. The van der Waals surface area contributed by atoms with Crippen molar-refractivity contribution in [3.63, 3.8) is 0 Å². The monoisotopic (exact) mass is 203 g/mol. The lowest BCUT2D eigenvalue weighted by Crippen LogP contribution is -2.33. The molecule has 1 saturated carbocycles. The van der Waals surface area contributed by atoms with E-state index in [9.17, 15) is 4.79 Å². The van der Waals surface area contributed by atoms with Crippen LogP contribution < -0.4 is 5.73 Å². The Morgan fingerprint density at radius 1 is 1.69 bits per heavy atom. The van der Waals surface area contributed by atoms with Gasteiger partial charge in [-0.25, -0.2) is 0 Å². The van der Waals surface area contributed by atoms with Crippen molar-refractivity contribution in [3.8, 4) is 0 Å². The number of carbonyl (C=O) groups excluding carboxylic acids is 1. The highest BCUT2D eigenvalue weighted by Crippen LogP contribution is 2.28. The number of hydrogen-bond donors (Lipinski definition) is 1. The minimum absolute atomic E-state index is 0.235. The van der Waals surface area contributed by atoms with Crippen LogP contribution >= 0.6 is 11.8 Å². The van der Waals surface area contributed by atoms with Crippen LogP contribution in [0, 0.1) is 5.92 Å². The van der Waals surface area contributed by atoms with Crippen molar-refractivity contribution in [1.82, 2.24) is 0 Å². The SMILES string of the molecule is CSCC[C@H](N)C(=O)OCC1CC1. The second-order valence-electron chi connectivity index (χ2n) is 3.46. The van der Waals surface area contributed by atoms with Crippen LogP contribution in [0.15, 0.2) is 0 Å². The maximum Gasteiger partial charge on any atom is 0.322 e. The molecular formula is C9H17NO2S. The van der Waals surface area contributed by atoms with E-state index in [1.54, 1.807) is 11.8 Å². The van der Waals surface area contributed by atoms with Crippen LogP contribution in [-0.4, -0.2) is 30.6 Å². The van der Waals surface area contributed by atoms with Crippen molar-refractivity contribution in [2.45, 2.75) is 25.3 Å². The highest BCUT2D eigenvalue weighted by molar-refractivity contribution is 7.98. The number of esters is 1. The lowest BCUT2D eigenvalue weighted by Gasteiger charge is -2.09. The molecule has 0 amide bonds. The average Bonchev–Trinajstić information content (AvgIpc) is 2.93. The number of ether oxygens (including phenoxy) is 1. The van der Waals surface area contributed by atoms with E-state index in [1.165, 1.54) is 12.8 Å². The van der Waals surface area contributed by atoms with E-state index in [0.717, 1.165) is 5.75 Å². The summed E-state index contributed by atoms with van der Waals surface area (Å²) in [6.07, 6.45) is 5.12. The molecule has 2 N–H and O–H groups in total. The third-order valence-electron chi connectivity index (χ3n) is 2.09. The molecule has 1 fully saturated rings. The Morgan fingerprint density at radius 2 is 2.38 bits per heavy atom. The normalized spacial score (nSPS) is 18.3. The molecule has 0 aromatic carbocycles. The van der Waals surface area contributed by atoms with E-state index < -0.39 is 6.04 Å². The van der Waals surface area contributed by atoms with Gasteiger partial charge in [0.15, 0.2) is 0 Å². The topological polar surface area (TPSA) is 52.3 Å². The van der Waals surface area contributed by atoms with Gasteiger partial charge in [-0.15, -0.1) is 0 Å². The fourth-order valence-electron chi connectivity index (χ4n) is 0.954. The van der Waals surface area contributed by atoms with Gasteiger partial charge in [-0.1, -0.05) is 0 Å². The van der Waals surface area contributed by atoms with Gasteiger partial charge in [-0.2, -0.15) is 11.8 Å². The van der Waals surface area contributed by atoms with Crippen LogP contribution in [-0.2, 0) is 9.53 Å². The second kappa shape index (κ2) is 5.50. The van der Waals surface area contributed by atoms with Crippen LogP contribution in [0.1, 0.15) is 19.3 Å². The summed E-state index contributed by atoms with van der Waals surface area (Å²) in [6.45, 7) is 0.575. The van der Waals surface area contributed by atoms with Crippen LogP contribution in [0.4, 0.5) is 0 Å². The fourth-order valence-corrected chi connectivity index (χ4v) is 1.44. The first-order valence-electron chi connectivity index (χ1n) is 4.65. The van der Waals surface area contributed by atoms with E-state index >= 15 is 0 Å². The molecule has 0 saturated heterocycles. The first-order valence-corrected chi connectivity index (χ1v) is 6.04. The number of hydrogen-bond acceptors (Lipinski definition) is 4. The van der Waals surface area contributed by atoms with Crippen molar-refractivity contribution < 1.29 is 9.53 Å². The molecule has 1 aliphatic carbocycles. The summed E-state index contributed by atoms with van der Waals surface area (Å²) < 4.78 is 5.05. The average molecular weight is 203 g/mol. The zero-order chi connectivity index (χ0) is 9.68. The Labute approximate surface area is 83.4 Å². The Kier molecular flexibility index (Phi) is 4.59. The summed E-state index contributed by atoms with van der Waals surface area (Å²) in [5.41, 5.74) is 5.62. The highest BCUT2D eigenvalue weighted by atomic mass is 32.2. The second-order valence-corrected chi connectivity index (χ2v) is 4.45. The molecule has 0 aromatic heterocycles. The van der Waals surface area contributed by atoms with E-state index in [4.69, 9.17) is 10.5 Å². The van der Waals surface area contributed by atoms with Gasteiger partial charge in [0.1, 0.15) is 6.04 Å². The zero-order valence-corrected chi connectivity index (χ0v) is 8.81. The standard InChI is InChI=1S/C9H17NO2S/c1-13-5-4-8(10)9(11)12-6-7-2-3-7/h7-8H,2-6,10H2,1H3/t8-/m0/s1. The number of carbonyl (C=O) groups is 1. The molecular weight excluding hydrogens is 186 g/mol. The summed E-state index contributed by atoms with van der Waals surface area (Å²) >= 11 is 1.70. The largest absolute Gasteiger partial charge is 0.464 e. The lowest BCUT2D eigenvalue weighted by atomic mass is 10.2. The predicted molar refractivity (Wildman–Crippen MR) is 54.7 cm³/mol. The molecule has 0 aromatic rings. The third kappa shape index (κ3) is 4.52. The van der Waals surface area contributed by atoms with Crippen LogP contribution in [0.2, 0.25) is 0 Å². The van der Waals surface area contributed by atoms with Crippen LogP contribution in [0.5, 0.6) is 0 Å². The van der Waals surface area contributed by atoms with E-state index in [-0.39, 0.29) is 5.97 Å². The quantitative estimate of drug-likeness (QED) is 0.655. The lowest BCUT2D eigenvalue weighted by molar-refractivity contribution is -0.145. The molecule has 13 heavy (non-hydrogen) atoms. The molecule has 1 atom stereocenters. The smallest absolute Gasteiger partial charge is 0.322 e. The number of rotatable bonds is 6. The fraction of sp³-hybridized carbons (Fsp3) is 0.889. The molecule has 1 rings (SSSR count).